The van der Waals surface area contributed by atoms with E-state index in [9.17, 15) is 0 Å². The second kappa shape index (κ2) is 15.4. The molecule has 0 aliphatic rings. The van der Waals surface area contributed by atoms with Crippen molar-refractivity contribution in [2.75, 3.05) is 0 Å². The van der Waals surface area contributed by atoms with Gasteiger partial charge >= 0.3 is 0 Å². The number of hydrogen-bond donors (Lipinski definition) is 0. The van der Waals surface area contributed by atoms with Crippen LogP contribution in [-0.4, -0.2) is 18.0 Å². The first-order valence-electron chi connectivity index (χ1n) is 18.0. The van der Waals surface area contributed by atoms with Gasteiger partial charge in [-0.3, -0.25) is 0 Å². The second-order valence-electron chi connectivity index (χ2n) is 14.9. The van der Waals surface area contributed by atoms with Gasteiger partial charge < -0.3 is 14.4 Å². The molecule has 4 aromatic carbocycles. The summed E-state index contributed by atoms with van der Waals surface area (Å²) in [5.74, 6) is 0.340. The van der Waals surface area contributed by atoms with Crippen molar-refractivity contribution in [3.05, 3.63) is 139 Å². The van der Waals surface area contributed by atoms with Crippen LogP contribution in [0.1, 0.15) is 54.4 Å². The largest absolute Gasteiger partial charge is 0.500 e. The van der Waals surface area contributed by atoms with Crippen molar-refractivity contribution in [1.82, 2.24) is 9.97 Å². The Morgan fingerprint density at radius 1 is 0.780 bits per heavy atom. The van der Waals surface area contributed by atoms with E-state index >= 15 is 0 Å². The van der Waals surface area contributed by atoms with Gasteiger partial charge in [0.05, 0.1) is 13.7 Å². The molecule has 3 aromatic heterocycles. The van der Waals surface area contributed by atoms with Crippen molar-refractivity contribution in [2.24, 2.45) is 5.41 Å². The van der Waals surface area contributed by atoms with Gasteiger partial charge in [0.1, 0.15) is 5.58 Å². The van der Waals surface area contributed by atoms with Crippen molar-refractivity contribution in [2.45, 2.75) is 66.6 Å². The Labute approximate surface area is 315 Å². The standard InChI is InChI=1S/C31H30NO.C14H16NSi.Ir/c1-20(2)23-14-15-25-24-12-9-13-26(27-18-21(16-17-32-27)19-31(3,4)5)29(24)33-30(25)28(23)22-10-7-6-8-11-22;1-16(2,3)13-9-10-14(15-11-13)12-7-5-4-6-8-12;/h6-12,14-18,20H,19H2,1-5H3;4-7,9-11H,1-3H3;/q2*-1;/i19D2;;. The topological polar surface area (TPSA) is 38.9 Å². The van der Waals surface area contributed by atoms with Crippen LogP contribution in [0.4, 0.5) is 0 Å². The van der Waals surface area contributed by atoms with E-state index in [0.29, 0.717) is 17.2 Å². The number of rotatable bonds is 6. The minimum absolute atomic E-state index is 0. The zero-order valence-corrected chi connectivity index (χ0v) is 33.6. The molecule has 0 spiro atoms. The van der Waals surface area contributed by atoms with Gasteiger partial charge in [0.25, 0.3) is 0 Å². The number of aromatic nitrogens is 2. The van der Waals surface area contributed by atoms with Crippen LogP contribution in [0.2, 0.25) is 19.6 Å². The predicted octanol–water partition coefficient (Wildman–Crippen LogP) is 11.9. The monoisotopic (exact) mass is 853 g/mol. The summed E-state index contributed by atoms with van der Waals surface area (Å²) in [6, 6.07) is 41.0. The fourth-order valence-electron chi connectivity index (χ4n) is 6.02. The molecule has 5 heteroatoms. The SMILES string of the molecule is C[Si](C)(C)c1ccc(-c2[c-]cccc2)nc1.[2H]C([2H])(c1ccnc(-c2[c-]ccc3c2oc2c(-c4ccccc4)c(C(C)C)ccc23)c1)C(C)(C)C.[Ir]. The number of benzene rings is 4. The smallest absolute Gasteiger partial charge is 0.129 e. The van der Waals surface area contributed by atoms with E-state index in [1.165, 1.54) is 10.8 Å². The fourth-order valence-corrected chi connectivity index (χ4v) is 7.06. The summed E-state index contributed by atoms with van der Waals surface area (Å²) in [4.78, 5) is 9.11. The Balaban J connectivity index is 0.000000258. The first-order chi connectivity index (χ1) is 24.2. The summed E-state index contributed by atoms with van der Waals surface area (Å²) in [6.45, 7) is 17.1. The third kappa shape index (κ3) is 8.41. The van der Waals surface area contributed by atoms with Crippen LogP contribution in [0, 0.1) is 17.5 Å². The van der Waals surface area contributed by atoms with Crippen molar-refractivity contribution >= 4 is 35.2 Å². The molecular formula is C45H46IrN2OSi-2. The van der Waals surface area contributed by atoms with Crippen LogP contribution in [0.3, 0.4) is 0 Å². The van der Waals surface area contributed by atoms with Crippen LogP contribution in [0.25, 0.3) is 55.6 Å². The summed E-state index contributed by atoms with van der Waals surface area (Å²) >= 11 is 0. The van der Waals surface area contributed by atoms with Crippen LogP contribution >= 0.6 is 0 Å². The van der Waals surface area contributed by atoms with E-state index in [4.69, 9.17) is 7.16 Å². The molecule has 1 radical (unpaired) electrons. The minimum atomic E-state index is -1.51. The van der Waals surface area contributed by atoms with Gasteiger partial charge in [-0.25, -0.2) is 0 Å². The zero-order chi connectivity index (χ0) is 36.6. The molecule has 0 amide bonds. The molecule has 3 heterocycles. The molecule has 0 atom stereocenters. The first kappa shape index (κ1) is 34.3. The second-order valence-corrected chi connectivity index (χ2v) is 20.0. The molecule has 0 bridgehead atoms. The summed E-state index contributed by atoms with van der Waals surface area (Å²) in [5, 5.41) is 3.46. The number of furan rings is 1. The van der Waals surface area contributed by atoms with Crippen LogP contribution in [0.15, 0.2) is 120 Å². The summed E-state index contributed by atoms with van der Waals surface area (Å²) in [7, 11) is -1.23. The van der Waals surface area contributed by atoms with Crippen molar-refractivity contribution in [3.8, 4) is 33.6 Å². The average molecular weight is 853 g/mol. The van der Waals surface area contributed by atoms with Gasteiger partial charge in [-0.2, -0.15) is 0 Å². The molecular weight excluding hydrogens is 805 g/mol. The molecule has 0 unspecified atom stereocenters. The Kier molecular flexibility index (Phi) is 10.6. The Hall–Kier alpha value is -4.15. The summed E-state index contributed by atoms with van der Waals surface area (Å²) in [5.41, 5.74) is 8.58. The van der Waals surface area contributed by atoms with E-state index in [1.807, 2.05) is 75.5 Å². The zero-order valence-electron chi connectivity index (χ0n) is 32.2. The van der Waals surface area contributed by atoms with E-state index in [2.05, 4.69) is 104 Å². The number of fused-ring (bicyclic) bond motifs is 3. The van der Waals surface area contributed by atoms with E-state index in [1.54, 1.807) is 12.3 Å². The number of hydrogen-bond acceptors (Lipinski definition) is 3. The van der Waals surface area contributed by atoms with Crippen molar-refractivity contribution in [3.63, 3.8) is 0 Å². The summed E-state index contributed by atoms with van der Waals surface area (Å²) in [6.07, 6.45) is 2.18. The molecule has 0 saturated carbocycles. The maximum absolute atomic E-state index is 8.72. The Morgan fingerprint density at radius 3 is 2.16 bits per heavy atom. The van der Waals surface area contributed by atoms with E-state index < -0.39 is 19.9 Å². The normalized spacial score (nSPS) is 12.6. The van der Waals surface area contributed by atoms with E-state index in [-0.39, 0.29) is 20.1 Å². The molecule has 7 aromatic rings. The fraction of sp³-hybridized carbons (Fsp3) is 0.244. The van der Waals surface area contributed by atoms with Gasteiger partial charge in [0.15, 0.2) is 0 Å². The Bertz CT molecular complexity index is 2270. The molecule has 0 aliphatic carbocycles. The number of pyridine rings is 2. The van der Waals surface area contributed by atoms with Gasteiger partial charge in [-0.15, -0.1) is 54.1 Å². The van der Waals surface area contributed by atoms with Gasteiger partial charge in [-0.05, 0) is 51.5 Å². The molecule has 7 rings (SSSR count). The minimum Gasteiger partial charge on any atom is -0.500 e. The quantitative estimate of drug-likeness (QED) is 0.124. The van der Waals surface area contributed by atoms with Gasteiger partial charge in [0, 0.05) is 46.2 Å². The molecule has 0 fully saturated rings. The van der Waals surface area contributed by atoms with Crippen LogP contribution in [0.5, 0.6) is 0 Å². The van der Waals surface area contributed by atoms with Crippen LogP contribution in [-0.2, 0) is 26.5 Å². The predicted molar refractivity (Wildman–Crippen MR) is 210 cm³/mol. The van der Waals surface area contributed by atoms with Gasteiger partial charge in [-0.1, -0.05) is 131 Å². The van der Waals surface area contributed by atoms with Crippen molar-refractivity contribution < 1.29 is 27.3 Å². The van der Waals surface area contributed by atoms with Gasteiger partial charge in [0.2, 0.25) is 0 Å². The third-order valence-electron chi connectivity index (χ3n) is 8.47. The molecule has 50 heavy (non-hydrogen) atoms. The van der Waals surface area contributed by atoms with E-state index in [0.717, 1.165) is 49.9 Å². The Morgan fingerprint density at radius 2 is 1.52 bits per heavy atom. The molecule has 0 aliphatic heterocycles. The molecule has 257 valence electrons. The molecule has 3 nitrogen and oxygen atoms in total. The third-order valence-corrected chi connectivity index (χ3v) is 10.5. The average Bonchev–Trinajstić information content (AvgIpc) is 3.50. The first-order valence-corrected chi connectivity index (χ1v) is 20.5. The molecule has 0 N–H and O–H groups in total. The van der Waals surface area contributed by atoms with Crippen LogP contribution < -0.4 is 5.19 Å². The maximum atomic E-state index is 8.72. The summed E-state index contributed by atoms with van der Waals surface area (Å²) < 4.78 is 24.1. The van der Waals surface area contributed by atoms with Crippen molar-refractivity contribution in [1.29, 1.82) is 0 Å². The number of nitrogens with zero attached hydrogens (tertiary/aromatic N) is 2. The maximum Gasteiger partial charge on any atom is 0.129 e. The molecule has 0 saturated heterocycles.